The van der Waals surface area contributed by atoms with Crippen molar-refractivity contribution in [2.45, 2.75) is 49.7 Å². The molecule has 9 nitrogen and oxygen atoms in total. The average Bonchev–Trinajstić information content (AvgIpc) is 3.06. The Bertz CT molecular complexity index is 887. The molecular weight excluding hydrogens is 480 g/mol. The van der Waals surface area contributed by atoms with Crippen molar-refractivity contribution in [1.29, 1.82) is 0 Å². The molecule has 30 heavy (non-hydrogen) atoms. The molecule has 11 heteroatoms. The van der Waals surface area contributed by atoms with Gasteiger partial charge in [-0.2, -0.15) is 0 Å². The molecule has 0 radical (unpaired) electrons. The summed E-state index contributed by atoms with van der Waals surface area (Å²) in [6.07, 6.45) is 1.22. The molecule has 0 aromatic heterocycles. The number of cyclic esters (lactones) is 1. The number of hydrogen-bond acceptors (Lipinski definition) is 7. The molecule has 2 heterocycles. The molecule has 2 aliphatic rings. The first-order chi connectivity index (χ1) is 14.1. The van der Waals surface area contributed by atoms with Gasteiger partial charge in [0.15, 0.2) is 20.9 Å². The molecule has 0 bridgehead atoms. The third-order valence-corrected chi connectivity index (χ3v) is 7.87. The summed E-state index contributed by atoms with van der Waals surface area (Å²) in [7, 11) is -3.86. The van der Waals surface area contributed by atoms with E-state index >= 15 is 0 Å². The quantitative estimate of drug-likeness (QED) is 0.567. The first-order valence-electron chi connectivity index (χ1n) is 9.61. The number of ether oxygens (including phenoxy) is 2. The fourth-order valence-electron chi connectivity index (χ4n) is 3.34. The number of hydrogen-bond donors (Lipinski definition) is 1. The SMILES string of the molecule is CC(C[C@H]1CN(c2ccc(Br)cc2)C(=O)O1)(C(=O)NOC1CCCCO1)S(C)(=O)=O. The first kappa shape index (κ1) is 23.0. The highest BCUT2D eigenvalue weighted by Crippen LogP contribution is 2.30. The van der Waals surface area contributed by atoms with E-state index in [2.05, 4.69) is 21.4 Å². The van der Waals surface area contributed by atoms with Crippen molar-refractivity contribution in [2.75, 3.05) is 24.3 Å². The van der Waals surface area contributed by atoms with Gasteiger partial charge >= 0.3 is 6.09 Å². The molecule has 166 valence electrons. The molecule has 2 amide bonds. The molecule has 3 atom stereocenters. The Morgan fingerprint density at radius 2 is 2.03 bits per heavy atom. The zero-order valence-corrected chi connectivity index (χ0v) is 19.2. The largest absolute Gasteiger partial charge is 0.444 e. The number of halogens is 1. The Balaban J connectivity index is 1.69. The van der Waals surface area contributed by atoms with Crippen molar-refractivity contribution in [3.8, 4) is 0 Å². The van der Waals surface area contributed by atoms with Crippen LogP contribution in [0.2, 0.25) is 0 Å². The van der Waals surface area contributed by atoms with E-state index in [1.807, 2.05) is 0 Å². The second-order valence-electron chi connectivity index (χ2n) is 7.65. The van der Waals surface area contributed by atoms with E-state index in [4.69, 9.17) is 14.3 Å². The number of carbonyl (C=O) groups is 2. The van der Waals surface area contributed by atoms with Crippen molar-refractivity contribution in [3.63, 3.8) is 0 Å². The van der Waals surface area contributed by atoms with Gasteiger partial charge in [0.05, 0.1) is 6.54 Å². The summed E-state index contributed by atoms with van der Waals surface area (Å²) in [4.78, 5) is 31.8. The van der Waals surface area contributed by atoms with Crippen LogP contribution in [0, 0.1) is 0 Å². The fourth-order valence-corrected chi connectivity index (χ4v) is 4.47. The summed E-state index contributed by atoms with van der Waals surface area (Å²) >= 11 is 3.34. The van der Waals surface area contributed by atoms with Crippen molar-refractivity contribution >= 4 is 43.5 Å². The highest BCUT2D eigenvalue weighted by Gasteiger charge is 2.48. The molecule has 0 saturated carbocycles. The number of anilines is 1. The van der Waals surface area contributed by atoms with Crippen LogP contribution in [0.25, 0.3) is 0 Å². The summed E-state index contributed by atoms with van der Waals surface area (Å²) in [5.41, 5.74) is 2.85. The molecule has 2 saturated heterocycles. The lowest BCUT2D eigenvalue weighted by atomic mass is 10.0. The molecule has 1 aromatic rings. The number of carbonyl (C=O) groups excluding carboxylic acids is 2. The molecule has 0 spiro atoms. The van der Waals surface area contributed by atoms with Crippen LogP contribution >= 0.6 is 15.9 Å². The van der Waals surface area contributed by atoms with Gasteiger partial charge in [-0.3, -0.25) is 9.69 Å². The van der Waals surface area contributed by atoms with Gasteiger partial charge < -0.3 is 9.47 Å². The minimum absolute atomic E-state index is 0.130. The summed E-state index contributed by atoms with van der Waals surface area (Å²) in [5.74, 6) is -0.822. The van der Waals surface area contributed by atoms with Crippen molar-refractivity contribution in [1.82, 2.24) is 5.48 Å². The monoisotopic (exact) mass is 504 g/mol. The smallest absolute Gasteiger partial charge is 0.414 e. The Morgan fingerprint density at radius 1 is 1.33 bits per heavy atom. The Hall–Kier alpha value is -1.69. The molecule has 2 fully saturated rings. The van der Waals surface area contributed by atoms with E-state index in [0.717, 1.165) is 23.6 Å². The summed E-state index contributed by atoms with van der Waals surface area (Å²) in [6.45, 7) is 1.96. The highest BCUT2D eigenvalue weighted by molar-refractivity contribution is 9.10. The zero-order chi connectivity index (χ0) is 21.9. The Kier molecular flexibility index (Phi) is 7.05. The van der Waals surface area contributed by atoms with Crippen LogP contribution in [0.1, 0.15) is 32.6 Å². The maximum atomic E-state index is 12.8. The molecule has 0 aliphatic carbocycles. The molecule has 2 aliphatic heterocycles. The number of rotatable bonds is 7. The predicted molar refractivity (Wildman–Crippen MR) is 112 cm³/mol. The summed E-state index contributed by atoms with van der Waals surface area (Å²) in [5, 5.41) is 0. The lowest BCUT2D eigenvalue weighted by molar-refractivity contribution is -0.201. The fraction of sp³-hybridized carbons (Fsp3) is 0.579. The number of benzene rings is 1. The van der Waals surface area contributed by atoms with Crippen LogP contribution in [-0.2, 0) is 28.9 Å². The highest BCUT2D eigenvalue weighted by atomic mass is 79.9. The van der Waals surface area contributed by atoms with Gasteiger partial charge in [-0.1, -0.05) is 15.9 Å². The number of nitrogens with zero attached hydrogens (tertiary/aromatic N) is 1. The predicted octanol–water partition coefficient (Wildman–Crippen LogP) is 2.54. The number of hydroxylamine groups is 1. The number of sulfone groups is 1. The minimum Gasteiger partial charge on any atom is -0.444 e. The van der Waals surface area contributed by atoms with Crippen LogP contribution in [0.5, 0.6) is 0 Å². The normalized spacial score (nSPS) is 24.2. The molecular formula is C19H25BrN2O7S. The molecule has 2 unspecified atom stereocenters. The van der Waals surface area contributed by atoms with Gasteiger partial charge in [0.2, 0.25) is 0 Å². The average molecular weight is 505 g/mol. The van der Waals surface area contributed by atoms with Crippen molar-refractivity contribution < 1.29 is 32.3 Å². The van der Waals surface area contributed by atoms with Crippen LogP contribution in [-0.4, -0.2) is 57.0 Å². The maximum absolute atomic E-state index is 12.8. The maximum Gasteiger partial charge on any atom is 0.414 e. The topological polar surface area (TPSA) is 111 Å². The summed E-state index contributed by atoms with van der Waals surface area (Å²) < 4.78 is 34.7. The van der Waals surface area contributed by atoms with E-state index in [1.54, 1.807) is 24.3 Å². The van der Waals surface area contributed by atoms with E-state index in [1.165, 1.54) is 11.8 Å². The third kappa shape index (κ3) is 5.13. The van der Waals surface area contributed by atoms with Crippen LogP contribution in [0.15, 0.2) is 28.7 Å². The zero-order valence-electron chi connectivity index (χ0n) is 16.8. The van der Waals surface area contributed by atoms with Gasteiger partial charge in [0.25, 0.3) is 5.91 Å². The van der Waals surface area contributed by atoms with Gasteiger partial charge in [0.1, 0.15) is 6.10 Å². The first-order valence-corrected chi connectivity index (χ1v) is 12.3. The number of nitrogens with one attached hydrogen (secondary N) is 1. The summed E-state index contributed by atoms with van der Waals surface area (Å²) in [6, 6.07) is 7.06. The van der Waals surface area contributed by atoms with Crippen LogP contribution in [0.4, 0.5) is 10.5 Å². The van der Waals surface area contributed by atoms with Gasteiger partial charge in [-0.05, 0) is 44.0 Å². The van der Waals surface area contributed by atoms with Crippen molar-refractivity contribution in [2.24, 2.45) is 0 Å². The molecule has 3 rings (SSSR count). The third-order valence-electron chi connectivity index (χ3n) is 5.35. The molecule has 1 aromatic carbocycles. The Labute approximate surface area is 184 Å². The lowest BCUT2D eigenvalue weighted by Crippen LogP contribution is -2.53. The lowest BCUT2D eigenvalue weighted by Gasteiger charge is -2.29. The van der Waals surface area contributed by atoms with E-state index in [9.17, 15) is 18.0 Å². The Morgan fingerprint density at radius 3 is 2.63 bits per heavy atom. The number of amides is 2. The van der Waals surface area contributed by atoms with Crippen LogP contribution in [0.3, 0.4) is 0 Å². The van der Waals surface area contributed by atoms with Gasteiger partial charge in [-0.25, -0.2) is 23.5 Å². The standard InChI is InChI=1S/C19H25BrN2O7S/c1-19(30(2,25)26,17(23)21-29-16-5-3-4-10-27-16)11-15-12-22(18(24)28-15)14-8-6-13(20)7-9-14/h6-9,15-16H,3-5,10-12H2,1-2H3,(H,21,23)/t15-,16?,19?/m0/s1. The minimum atomic E-state index is -3.86. The molecule has 1 N–H and O–H groups in total. The van der Waals surface area contributed by atoms with Gasteiger partial charge in [-0.15, -0.1) is 0 Å². The second-order valence-corrected chi connectivity index (χ2v) is 11.0. The second kappa shape index (κ2) is 9.21. The van der Waals surface area contributed by atoms with E-state index in [-0.39, 0.29) is 13.0 Å². The van der Waals surface area contributed by atoms with Gasteiger partial charge in [0, 0.05) is 35.9 Å². The van der Waals surface area contributed by atoms with Crippen molar-refractivity contribution in [3.05, 3.63) is 28.7 Å². The van der Waals surface area contributed by atoms with E-state index in [0.29, 0.717) is 18.7 Å². The van der Waals surface area contributed by atoms with Crippen LogP contribution < -0.4 is 10.4 Å². The van der Waals surface area contributed by atoms with E-state index < -0.39 is 39.0 Å².